The van der Waals surface area contributed by atoms with Crippen LogP contribution in [0.1, 0.15) is 27.5 Å². The lowest BCUT2D eigenvalue weighted by atomic mass is 10.1. The molecule has 1 aromatic carbocycles. The van der Waals surface area contributed by atoms with Gasteiger partial charge in [0.05, 0.1) is 11.3 Å². The molecule has 28 heavy (non-hydrogen) atoms. The Balaban J connectivity index is 1.92. The van der Waals surface area contributed by atoms with Crippen LogP contribution in [0.4, 0.5) is 13.2 Å². The van der Waals surface area contributed by atoms with E-state index >= 15 is 0 Å². The van der Waals surface area contributed by atoms with Crippen LogP contribution < -0.4 is 0 Å². The first-order valence-electron chi connectivity index (χ1n) is 8.16. The molecule has 0 aliphatic carbocycles. The van der Waals surface area contributed by atoms with Gasteiger partial charge in [0.2, 0.25) is 0 Å². The van der Waals surface area contributed by atoms with Gasteiger partial charge in [-0.25, -0.2) is 4.68 Å². The predicted molar refractivity (Wildman–Crippen MR) is 95.1 cm³/mol. The Labute approximate surface area is 158 Å². The molecule has 0 spiro atoms. The molecule has 0 N–H and O–H groups in total. The van der Waals surface area contributed by atoms with Gasteiger partial charge in [-0.3, -0.25) is 4.79 Å². The van der Waals surface area contributed by atoms with Crippen LogP contribution in [-0.2, 0) is 6.18 Å². The van der Waals surface area contributed by atoms with E-state index in [9.17, 15) is 23.2 Å². The van der Waals surface area contributed by atoms with E-state index in [-0.39, 0.29) is 22.7 Å². The number of aryl methyl sites for hydroxylation is 2. The van der Waals surface area contributed by atoms with Gasteiger partial charge in [0.25, 0.3) is 5.91 Å². The Morgan fingerprint density at radius 1 is 1.21 bits per heavy atom. The third-order valence-electron chi connectivity index (χ3n) is 3.94. The number of carbonyl (C=O) groups excluding carboxylic acids is 1. The molecule has 0 radical (unpaired) electrons. The van der Waals surface area contributed by atoms with Crippen LogP contribution in [0.25, 0.3) is 17.4 Å². The molecule has 0 saturated heterocycles. The predicted octanol–water partition coefficient (Wildman–Crippen LogP) is 5.03. The summed E-state index contributed by atoms with van der Waals surface area (Å²) in [6.07, 6.45) is -3.23. The summed E-state index contributed by atoms with van der Waals surface area (Å²) in [6.45, 7) is 3.41. The van der Waals surface area contributed by atoms with Gasteiger partial charge in [-0.05, 0) is 44.2 Å². The number of aromatic nitrogens is 2. The highest BCUT2D eigenvalue weighted by Gasteiger charge is 2.30. The summed E-state index contributed by atoms with van der Waals surface area (Å²) in [4.78, 5) is 12.5. The number of halogens is 3. The van der Waals surface area contributed by atoms with Crippen molar-refractivity contribution in [3.63, 3.8) is 0 Å². The minimum Gasteiger partial charge on any atom is -0.457 e. The lowest BCUT2D eigenvalue weighted by Gasteiger charge is -2.07. The highest BCUT2D eigenvalue weighted by molar-refractivity contribution is 6.02. The van der Waals surface area contributed by atoms with Gasteiger partial charge in [-0.1, -0.05) is 12.1 Å². The van der Waals surface area contributed by atoms with Crippen molar-refractivity contribution >= 4 is 12.0 Å². The van der Waals surface area contributed by atoms with Crippen molar-refractivity contribution in [2.75, 3.05) is 0 Å². The summed E-state index contributed by atoms with van der Waals surface area (Å²) in [5.41, 5.74) is 0.436. The summed E-state index contributed by atoms with van der Waals surface area (Å²) in [5, 5.41) is 13.4. The number of alkyl halides is 3. The van der Waals surface area contributed by atoms with E-state index in [1.807, 2.05) is 0 Å². The van der Waals surface area contributed by atoms with E-state index in [0.717, 1.165) is 16.8 Å². The Kier molecular flexibility index (Phi) is 4.92. The minimum absolute atomic E-state index is 0.166. The molecule has 0 aliphatic rings. The fraction of sp³-hybridized carbons (Fsp3) is 0.150. The van der Waals surface area contributed by atoms with E-state index in [2.05, 4.69) is 5.10 Å². The molecule has 0 aliphatic heterocycles. The second-order valence-corrected chi connectivity index (χ2v) is 6.09. The molecule has 8 heteroatoms. The van der Waals surface area contributed by atoms with E-state index < -0.39 is 17.6 Å². The Hall–Kier alpha value is -3.60. The van der Waals surface area contributed by atoms with Gasteiger partial charge in [-0.15, -0.1) is 0 Å². The van der Waals surface area contributed by atoms with Gasteiger partial charge < -0.3 is 4.42 Å². The second kappa shape index (κ2) is 7.19. The number of furan rings is 1. The first-order valence-corrected chi connectivity index (χ1v) is 8.16. The van der Waals surface area contributed by atoms with Crippen LogP contribution in [0.5, 0.6) is 0 Å². The molecular weight excluding hydrogens is 371 g/mol. The first-order chi connectivity index (χ1) is 13.2. The van der Waals surface area contributed by atoms with Gasteiger partial charge in [0, 0.05) is 17.3 Å². The molecule has 2 aromatic heterocycles. The van der Waals surface area contributed by atoms with Crippen molar-refractivity contribution in [2.24, 2.45) is 0 Å². The van der Waals surface area contributed by atoms with E-state index in [4.69, 9.17) is 4.42 Å². The number of rotatable bonds is 3. The molecule has 0 amide bonds. The Morgan fingerprint density at radius 3 is 2.57 bits per heavy atom. The number of carbonyl (C=O) groups is 1. The number of nitriles is 1. The average Bonchev–Trinajstić information content (AvgIpc) is 3.24. The molecule has 142 valence electrons. The maximum atomic E-state index is 12.9. The average molecular weight is 385 g/mol. The molecule has 0 bridgehead atoms. The minimum atomic E-state index is -4.47. The zero-order valence-corrected chi connectivity index (χ0v) is 14.9. The van der Waals surface area contributed by atoms with E-state index in [1.165, 1.54) is 30.3 Å². The Bertz CT molecular complexity index is 1110. The second-order valence-electron chi connectivity index (χ2n) is 6.09. The summed E-state index contributed by atoms with van der Waals surface area (Å²) in [6, 6.07) is 11.2. The molecule has 0 saturated carbocycles. The summed E-state index contributed by atoms with van der Waals surface area (Å²) in [7, 11) is 0. The molecular formula is C20H14F3N3O2. The quantitative estimate of drug-likeness (QED) is 0.468. The van der Waals surface area contributed by atoms with Gasteiger partial charge in [0.1, 0.15) is 23.2 Å². The molecule has 3 rings (SSSR count). The van der Waals surface area contributed by atoms with Crippen LogP contribution in [0.3, 0.4) is 0 Å². The SMILES string of the molecule is Cc1cc(C)n(C(=O)/C(C#N)=C/c2ccc(-c3cccc(C(F)(F)F)c3)o2)n1. The van der Waals surface area contributed by atoms with E-state index in [1.54, 1.807) is 26.0 Å². The largest absolute Gasteiger partial charge is 0.457 e. The molecule has 0 fully saturated rings. The van der Waals surface area contributed by atoms with Crippen LogP contribution in [0.2, 0.25) is 0 Å². The van der Waals surface area contributed by atoms with Crippen molar-refractivity contribution in [1.29, 1.82) is 5.26 Å². The van der Waals surface area contributed by atoms with Gasteiger partial charge in [0.15, 0.2) is 0 Å². The third kappa shape index (κ3) is 3.88. The fourth-order valence-corrected chi connectivity index (χ4v) is 2.67. The third-order valence-corrected chi connectivity index (χ3v) is 3.94. The summed E-state index contributed by atoms with van der Waals surface area (Å²) < 4.78 is 45.2. The van der Waals surface area contributed by atoms with Crippen LogP contribution in [-0.4, -0.2) is 15.7 Å². The van der Waals surface area contributed by atoms with Crippen molar-refractivity contribution in [1.82, 2.24) is 9.78 Å². The lowest BCUT2D eigenvalue weighted by molar-refractivity contribution is -0.137. The number of benzene rings is 1. The summed E-state index contributed by atoms with van der Waals surface area (Å²) >= 11 is 0. The van der Waals surface area contributed by atoms with Crippen molar-refractivity contribution in [2.45, 2.75) is 20.0 Å². The molecule has 0 unspecified atom stereocenters. The topological polar surface area (TPSA) is 71.8 Å². The maximum Gasteiger partial charge on any atom is 0.416 e. The highest BCUT2D eigenvalue weighted by atomic mass is 19.4. The summed E-state index contributed by atoms with van der Waals surface area (Å²) in [5.74, 6) is -0.267. The van der Waals surface area contributed by atoms with E-state index in [0.29, 0.717) is 11.4 Å². The molecule has 3 aromatic rings. The normalized spacial score (nSPS) is 12.1. The lowest BCUT2D eigenvalue weighted by Crippen LogP contribution is -2.15. The zero-order chi connectivity index (χ0) is 20.5. The number of hydrogen-bond acceptors (Lipinski definition) is 4. The van der Waals surface area contributed by atoms with Crippen LogP contribution in [0, 0.1) is 25.2 Å². The van der Waals surface area contributed by atoms with Crippen molar-refractivity contribution in [3.05, 3.63) is 70.7 Å². The number of hydrogen-bond donors (Lipinski definition) is 0. The van der Waals surface area contributed by atoms with Crippen LogP contribution in [0.15, 0.2) is 52.5 Å². The smallest absolute Gasteiger partial charge is 0.416 e. The monoisotopic (exact) mass is 385 g/mol. The molecule has 5 nitrogen and oxygen atoms in total. The molecule has 2 heterocycles. The zero-order valence-electron chi connectivity index (χ0n) is 14.9. The Morgan fingerprint density at radius 2 is 1.96 bits per heavy atom. The fourth-order valence-electron chi connectivity index (χ4n) is 2.67. The van der Waals surface area contributed by atoms with Gasteiger partial charge >= 0.3 is 6.18 Å². The van der Waals surface area contributed by atoms with Crippen LogP contribution >= 0.6 is 0 Å². The van der Waals surface area contributed by atoms with Crippen molar-refractivity contribution in [3.8, 4) is 17.4 Å². The molecule has 0 atom stereocenters. The van der Waals surface area contributed by atoms with Gasteiger partial charge in [-0.2, -0.15) is 23.5 Å². The maximum absolute atomic E-state index is 12.9. The first kappa shape index (κ1) is 19.2. The highest BCUT2D eigenvalue weighted by Crippen LogP contribution is 2.32. The van der Waals surface area contributed by atoms with Crippen molar-refractivity contribution < 1.29 is 22.4 Å². The number of allylic oxidation sites excluding steroid dienone is 1. The standard InChI is InChI=1S/C20H14F3N3O2/c1-12-8-13(2)26(25-12)19(27)15(11-24)10-17-6-7-18(28-17)14-4-3-5-16(9-14)20(21,22)23/h3-10H,1-2H3/b15-10+. The number of nitrogens with zero attached hydrogens (tertiary/aromatic N) is 3.